The minimum atomic E-state index is -0.00290. The Balaban J connectivity index is -0.00000312. The molecule has 0 aliphatic heterocycles. The average molecular weight is 449 g/mol. The second-order valence-electron chi connectivity index (χ2n) is 5.11. The van der Waals surface area contributed by atoms with Gasteiger partial charge in [0.2, 0.25) is 5.91 Å². The molecule has 0 aromatic heterocycles. The summed E-state index contributed by atoms with van der Waals surface area (Å²) in [5.41, 5.74) is 19.0. The van der Waals surface area contributed by atoms with E-state index in [1.807, 2.05) is 0 Å². The van der Waals surface area contributed by atoms with Crippen molar-refractivity contribution in [3.63, 3.8) is 0 Å². The molecule has 0 saturated heterocycles. The smallest absolute Gasteiger partial charge is 0.224 e. The number of hydrogen-bond donors (Lipinski definition) is 2. The van der Waals surface area contributed by atoms with Crippen molar-refractivity contribution in [2.24, 2.45) is 16.6 Å². The Morgan fingerprint density at radius 2 is 1.25 bits per heavy atom. The predicted octanol–water partition coefficient (Wildman–Crippen LogP) is 0.343. The Hall–Kier alpha value is -0.880. The van der Waals surface area contributed by atoms with Crippen LogP contribution in [0.15, 0.2) is 5.11 Å². The fraction of sp³-hybridized carbons (Fsp3) is 0.933. The van der Waals surface area contributed by atoms with Crippen molar-refractivity contribution in [2.75, 3.05) is 85.6 Å². The molecule has 11 nitrogen and oxygen atoms in total. The molecular formula is C15H34Cl2N6O5. The van der Waals surface area contributed by atoms with E-state index in [0.29, 0.717) is 92.0 Å². The van der Waals surface area contributed by atoms with Gasteiger partial charge in [-0.1, -0.05) is 5.11 Å². The molecule has 0 spiro atoms. The first-order chi connectivity index (χ1) is 12.8. The van der Waals surface area contributed by atoms with Gasteiger partial charge in [0.05, 0.1) is 59.3 Å². The number of nitrogens with two attached hydrogens (primary N) is 2. The number of carbonyl (C=O) groups excluding carboxylic acids is 1. The zero-order valence-electron chi connectivity index (χ0n) is 16.2. The Labute approximate surface area is 178 Å². The van der Waals surface area contributed by atoms with Gasteiger partial charge in [-0.25, -0.2) is 0 Å². The van der Waals surface area contributed by atoms with Crippen LogP contribution in [-0.4, -0.2) is 96.4 Å². The highest BCUT2D eigenvalue weighted by Crippen LogP contribution is 1.94. The maximum atomic E-state index is 11.9. The lowest BCUT2D eigenvalue weighted by atomic mass is 10.3. The van der Waals surface area contributed by atoms with Crippen LogP contribution in [0.3, 0.4) is 0 Å². The zero-order valence-corrected chi connectivity index (χ0v) is 17.8. The van der Waals surface area contributed by atoms with E-state index in [-0.39, 0.29) is 30.7 Å². The maximum Gasteiger partial charge on any atom is 0.224 e. The van der Waals surface area contributed by atoms with Crippen molar-refractivity contribution in [3.8, 4) is 0 Å². The molecule has 28 heavy (non-hydrogen) atoms. The third kappa shape index (κ3) is 21.4. The van der Waals surface area contributed by atoms with Crippen molar-refractivity contribution in [1.29, 1.82) is 0 Å². The Morgan fingerprint density at radius 3 is 1.68 bits per heavy atom. The largest absolute Gasteiger partial charge is 0.379 e. The Kier molecular flexibility index (Phi) is 29.7. The molecule has 0 bridgehead atoms. The quantitative estimate of drug-likeness (QED) is 0.125. The molecular weight excluding hydrogens is 415 g/mol. The summed E-state index contributed by atoms with van der Waals surface area (Å²) < 4.78 is 21.2. The van der Waals surface area contributed by atoms with Gasteiger partial charge in [-0.3, -0.25) is 4.79 Å². The van der Waals surface area contributed by atoms with Crippen LogP contribution in [0, 0.1) is 0 Å². The first kappa shape index (κ1) is 31.8. The fourth-order valence-corrected chi connectivity index (χ4v) is 1.90. The third-order valence-corrected chi connectivity index (χ3v) is 3.13. The molecule has 0 heterocycles. The van der Waals surface area contributed by atoms with Crippen molar-refractivity contribution in [2.45, 2.75) is 6.42 Å². The van der Waals surface area contributed by atoms with Crippen LogP contribution in [0.25, 0.3) is 10.4 Å². The summed E-state index contributed by atoms with van der Waals surface area (Å²) in [5, 5.41) is 3.35. The van der Waals surface area contributed by atoms with E-state index in [1.54, 1.807) is 4.90 Å². The van der Waals surface area contributed by atoms with Gasteiger partial charge in [0, 0.05) is 37.6 Å². The van der Waals surface area contributed by atoms with Crippen LogP contribution >= 0.6 is 24.8 Å². The van der Waals surface area contributed by atoms with E-state index in [4.69, 9.17) is 35.9 Å². The molecule has 0 radical (unpaired) electrons. The zero-order chi connectivity index (χ0) is 19.3. The summed E-state index contributed by atoms with van der Waals surface area (Å²) in [6, 6.07) is 0. The molecule has 0 aromatic rings. The number of rotatable bonds is 19. The lowest BCUT2D eigenvalue weighted by molar-refractivity contribution is -0.132. The van der Waals surface area contributed by atoms with Crippen LogP contribution < -0.4 is 11.5 Å². The molecule has 0 saturated carbocycles. The van der Waals surface area contributed by atoms with Crippen molar-refractivity contribution < 1.29 is 23.7 Å². The lowest BCUT2D eigenvalue weighted by Crippen LogP contribution is -2.39. The fourth-order valence-electron chi connectivity index (χ4n) is 1.90. The highest BCUT2D eigenvalue weighted by Gasteiger charge is 2.11. The lowest BCUT2D eigenvalue weighted by Gasteiger charge is -2.21. The summed E-state index contributed by atoms with van der Waals surface area (Å²) in [7, 11) is 0. The highest BCUT2D eigenvalue weighted by molar-refractivity contribution is 5.85. The van der Waals surface area contributed by atoms with Crippen LogP contribution in [0.1, 0.15) is 6.42 Å². The molecule has 0 fully saturated rings. The van der Waals surface area contributed by atoms with Gasteiger partial charge in [0.15, 0.2) is 0 Å². The average Bonchev–Trinajstić information content (AvgIpc) is 2.64. The molecule has 0 aromatic carbocycles. The summed E-state index contributed by atoms with van der Waals surface area (Å²) in [6.45, 7) is 5.61. The van der Waals surface area contributed by atoms with Gasteiger partial charge in [-0.05, 0) is 5.53 Å². The second kappa shape index (κ2) is 26.1. The number of halogens is 2. The summed E-state index contributed by atoms with van der Waals surface area (Å²) in [5.74, 6) is -0.00290. The monoisotopic (exact) mass is 448 g/mol. The Morgan fingerprint density at radius 1 is 0.821 bits per heavy atom. The van der Waals surface area contributed by atoms with Gasteiger partial charge >= 0.3 is 0 Å². The first-order valence-corrected chi connectivity index (χ1v) is 8.76. The Bertz CT molecular complexity index is 386. The van der Waals surface area contributed by atoms with Crippen molar-refractivity contribution in [1.82, 2.24) is 4.90 Å². The minimum absolute atomic E-state index is 0. The van der Waals surface area contributed by atoms with E-state index >= 15 is 0 Å². The van der Waals surface area contributed by atoms with Crippen LogP contribution in [0.2, 0.25) is 0 Å². The standard InChI is InChI=1S/C15H32N6O5.2ClH/c16-2-5-21(6-3-17)15(22)1-7-23-9-11-25-13-14-26-12-10-24-8-4-19-20-18;;/h1-14,16-17H2;2*1H. The van der Waals surface area contributed by atoms with Gasteiger partial charge < -0.3 is 35.3 Å². The molecule has 0 aliphatic rings. The highest BCUT2D eigenvalue weighted by atomic mass is 35.5. The molecule has 13 heteroatoms. The summed E-state index contributed by atoms with van der Waals surface area (Å²) in [4.78, 5) is 16.2. The second-order valence-corrected chi connectivity index (χ2v) is 5.11. The summed E-state index contributed by atoms with van der Waals surface area (Å²) >= 11 is 0. The van der Waals surface area contributed by atoms with E-state index in [0.717, 1.165) is 0 Å². The third-order valence-electron chi connectivity index (χ3n) is 3.13. The van der Waals surface area contributed by atoms with Crippen LogP contribution in [0.5, 0.6) is 0 Å². The van der Waals surface area contributed by atoms with E-state index < -0.39 is 0 Å². The number of amides is 1. The normalized spacial score (nSPS) is 9.79. The van der Waals surface area contributed by atoms with Crippen molar-refractivity contribution >= 4 is 30.7 Å². The van der Waals surface area contributed by atoms with Crippen LogP contribution in [-0.2, 0) is 23.7 Å². The molecule has 0 unspecified atom stereocenters. The van der Waals surface area contributed by atoms with E-state index in [2.05, 4.69) is 10.0 Å². The van der Waals surface area contributed by atoms with E-state index in [9.17, 15) is 4.79 Å². The number of ether oxygens (including phenoxy) is 4. The minimum Gasteiger partial charge on any atom is -0.379 e. The first-order valence-electron chi connectivity index (χ1n) is 8.76. The summed E-state index contributed by atoms with van der Waals surface area (Å²) in [6.07, 6.45) is 0.308. The van der Waals surface area contributed by atoms with E-state index in [1.165, 1.54) is 0 Å². The number of carbonyl (C=O) groups is 1. The number of hydrogen-bond acceptors (Lipinski definition) is 8. The molecule has 0 aliphatic carbocycles. The molecule has 4 N–H and O–H groups in total. The topological polar surface area (TPSA) is 158 Å². The number of azide groups is 1. The molecule has 0 rings (SSSR count). The van der Waals surface area contributed by atoms with Gasteiger partial charge in [-0.15, -0.1) is 24.8 Å². The van der Waals surface area contributed by atoms with Gasteiger partial charge in [0.25, 0.3) is 0 Å². The predicted molar refractivity (Wildman–Crippen MR) is 111 cm³/mol. The van der Waals surface area contributed by atoms with Crippen LogP contribution in [0.4, 0.5) is 0 Å². The van der Waals surface area contributed by atoms with Crippen molar-refractivity contribution in [3.05, 3.63) is 10.4 Å². The molecule has 168 valence electrons. The maximum absolute atomic E-state index is 11.9. The van der Waals surface area contributed by atoms with Gasteiger partial charge in [0.1, 0.15) is 0 Å². The molecule has 1 amide bonds. The van der Waals surface area contributed by atoms with Gasteiger partial charge in [-0.2, -0.15) is 0 Å². The molecule has 0 atom stereocenters. The number of nitrogens with zero attached hydrogens (tertiary/aromatic N) is 4. The SMILES string of the molecule is Cl.Cl.[N-]=[N+]=NCCOCCOCCOCCOCCC(=O)N(CCN)CCN.